The highest BCUT2D eigenvalue weighted by Crippen LogP contribution is 2.29. The van der Waals surface area contributed by atoms with Crippen LogP contribution in [0.15, 0.2) is 72.8 Å². The third-order valence-corrected chi connectivity index (χ3v) is 5.17. The molecule has 2 N–H and O–H groups in total. The molecule has 9 heteroatoms. The standard InChI is InChI=1S/C24H20N4O5/c29-22(9-4-14-25-16-10-12-18(13-11-16)28(32)33)26-17-5-3-6-19(15-17)27-23(30)20-7-1-2-8-21(20)24(27)31/h1-3,5-8,10-13,15,25H,4,9,14H2,(H,26,29). The second-order valence-corrected chi connectivity index (χ2v) is 7.42. The average molecular weight is 444 g/mol. The molecule has 0 unspecified atom stereocenters. The first-order valence-corrected chi connectivity index (χ1v) is 10.3. The van der Waals surface area contributed by atoms with Gasteiger partial charge in [-0.15, -0.1) is 0 Å². The maximum atomic E-state index is 12.7. The molecule has 0 radical (unpaired) electrons. The predicted molar refractivity (Wildman–Crippen MR) is 123 cm³/mol. The number of imide groups is 1. The number of nitro benzene ring substituents is 1. The van der Waals surface area contributed by atoms with Crippen molar-refractivity contribution in [2.24, 2.45) is 0 Å². The summed E-state index contributed by atoms with van der Waals surface area (Å²) in [4.78, 5) is 49.0. The number of nitrogens with zero attached hydrogens (tertiary/aromatic N) is 2. The van der Waals surface area contributed by atoms with Crippen molar-refractivity contribution in [1.82, 2.24) is 0 Å². The van der Waals surface area contributed by atoms with Gasteiger partial charge < -0.3 is 10.6 Å². The maximum Gasteiger partial charge on any atom is 0.269 e. The Hall–Kier alpha value is -4.53. The van der Waals surface area contributed by atoms with Gasteiger partial charge in [-0.1, -0.05) is 18.2 Å². The number of carbonyl (C=O) groups excluding carboxylic acids is 3. The normalized spacial score (nSPS) is 12.4. The molecule has 0 saturated carbocycles. The van der Waals surface area contributed by atoms with Gasteiger partial charge in [-0.3, -0.25) is 24.5 Å². The first kappa shape index (κ1) is 21.7. The Labute approximate surface area is 189 Å². The van der Waals surface area contributed by atoms with E-state index < -0.39 is 16.7 Å². The van der Waals surface area contributed by atoms with E-state index in [0.717, 1.165) is 10.6 Å². The Kier molecular flexibility index (Phi) is 6.12. The lowest BCUT2D eigenvalue weighted by Gasteiger charge is -2.15. The van der Waals surface area contributed by atoms with Crippen molar-refractivity contribution in [2.75, 3.05) is 22.1 Å². The molecule has 166 valence electrons. The SMILES string of the molecule is O=C(CCCNc1ccc([N+](=O)[O-])cc1)Nc1cccc(N2C(=O)c3ccccc3C2=O)c1. The van der Waals surface area contributed by atoms with Crippen LogP contribution in [0.5, 0.6) is 0 Å². The van der Waals surface area contributed by atoms with E-state index in [1.807, 2.05) is 0 Å². The summed E-state index contributed by atoms with van der Waals surface area (Å²) < 4.78 is 0. The third kappa shape index (κ3) is 4.72. The Balaban J connectivity index is 1.30. The minimum Gasteiger partial charge on any atom is -0.385 e. The highest BCUT2D eigenvalue weighted by Gasteiger charge is 2.36. The Morgan fingerprint density at radius 2 is 1.55 bits per heavy atom. The van der Waals surface area contributed by atoms with E-state index in [9.17, 15) is 24.5 Å². The van der Waals surface area contributed by atoms with E-state index in [2.05, 4.69) is 10.6 Å². The van der Waals surface area contributed by atoms with E-state index in [0.29, 0.717) is 35.5 Å². The lowest BCUT2D eigenvalue weighted by Crippen LogP contribution is -2.29. The highest BCUT2D eigenvalue weighted by molar-refractivity contribution is 6.34. The van der Waals surface area contributed by atoms with E-state index in [1.54, 1.807) is 60.7 Å². The zero-order chi connectivity index (χ0) is 23.4. The molecule has 9 nitrogen and oxygen atoms in total. The largest absolute Gasteiger partial charge is 0.385 e. The fourth-order valence-corrected chi connectivity index (χ4v) is 3.55. The second-order valence-electron chi connectivity index (χ2n) is 7.42. The summed E-state index contributed by atoms with van der Waals surface area (Å²) >= 11 is 0. The molecule has 0 spiro atoms. The zero-order valence-corrected chi connectivity index (χ0v) is 17.5. The van der Waals surface area contributed by atoms with E-state index in [1.165, 1.54) is 12.1 Å². The molecule has 1 aliphatic heterocycles. The molecule has 0 aliphatic carbocycles. The Morgan fingerprint density at radius 3 is 2.18 bits per heavy atom. The molecule has 0 saturated heterocycles. The average Bonchev–Trinajstić information content (AvgIpc) is 3.07. The molecular weight excluding hydrogens is 424 g/mol. The lowest BCUT2D eigenvalue weighted by atomic mass is 10.1. The van der Waals surface area contributed by atoms with Crippen LogP contribution >= 0.6 is 0 Å². The molecule has 33 heavy (non-hydrogen) atoms. The Morgan fingerprint density at radius 1 is 0.879 bits per heavy atom. The van der Waals surface area contributed by atoms with Crippen LogP contribution in [0.25, 0.3) is 0 Å². The van der Waals surface area contributed by atoms with Crippen molar-refractivity contribution in [3.8, 4) is 0 Å². The number of nitrogens with one attached hydrogen (secondary N) is 2. The van der Waals surface area contributed by atoms with Crippen LogP contribution in [0.1, 0.15) is 33.6 Å². The van der Waals surface area contributed by atoms with Crippen molar-refractivity contribution in [3.63, 3.8) is 0 Å². The number of hydrogen-bond donors (Lipinski definition) is 2. The number of hydrogen-bond acceptors (Lipinski definition) is 6. The monoisotopic (exact) mass is 444 g/mol. The molecule has 0 fully saturated rings. The smallest absolute Gasteiger partial charge is 0.269 e. The summed E-state index contributed by atoms with van der Waals surface area (Å²) in [6.07, 6.45) is 0.790. The van der Waals surface area contributed by atoms with Gasteiger partial charge in [0.2, 0.25) is 5.91 Å². The van der Waals surface area contributed by atoms with Crippen LogP contribution < -0.4 is 15.5 Å². The molecule has 0 aromatic heterocycles. The molecule has 4 rings (SSSR count). The number of non-ortho nitro benzene ring substituents is 1. The van der Waals surface area contributed by atoms with Gasteiger partial charge in [0, 0.05) is 36.5 Å². The minimum absolute atomic E-state index is 0.0170. The molecule has 1 heterocycles. The number of carbonyl (C=O) groups is 3. The summed E-state index contributed by atoms with van der Waals surface area (Å²) in [5, 5.41) is 16.6. The number of nitro groups is 1. The number of benzene rings is 3. The van der Waals surface area contributed by atoms with Gasteiger partial charge in [0.15, 0.2) is 0 Å². The molecule has 3 aromatic carbocycles. The number of amides is 3. The van der Waals surface area contributed by atoms with E-state index in [-0.39, 0.29) is 18.0 Å². The topological polar surface area (TPSA) is 122 Å². The van der Waals surface area contributed by atoms with Gasteiger partial charge in [-0.05, 0) is 48.9 Å². The summed E-state index contributed by atoms with van der Waals surface area (Å²) in [7, 11) is 0. The van der Waals surface area contributed by atoms with E-state index >= 15 is 0 Å². The van der Waals surface area contributed by atoms with Crippen LogP contribution in [0.3, 0.4) is 0 Å². The molecule has 0 bridgehead atoms. The Bertz CT molecular complexity index is 1200. The van der Waals surface area contributed by atoms with Crippen molar-refractivity contribution >= 4 is 40.5 Å². The van der Waals surface area contributed by atoms with Crippen LogP contribution in [0.4, 0.5) is 22.7 Å². The number of anilines is 3. The maximum absolute atomic E-state index is 12.7. The van der Waals surface area contributed by atoms with Gasteiger partial charge in [-0.25, -0.2) is 4.90 Å². The third-order valence-electron chi connectivity index (χ3n) is 5.17. The van der Waals surface area contributed by atoms with Gasteiger partial charge in [0.05, 0.1) is 21.7 Å². The summed E-state index contributed by atoms with van der Waals surface area (Å²) in [5.41, 5.74) is 2.34. The van der Waals surface area contributed by atoms with Gasteiger partial charge in [-0.2, -0.15) is 0 Å². The van der Waals surface area contributed by atoms with Gasteiger partial charge >= 0.3 is 0 Å². The van der Waals surface area contributed by atoms with Gasteiger partial charge in [0.25, 0.3) is 17.5 Å². The fraction of sp³-hybridized carbons (Fsp3) is 0.125. The van der Waals surface area contributed by atoms with E-state index in [4.69, 9.17) is 0 Å². The number of fused-ring (bicyclic) bond motifs is 1. The highest BCUT2D eigenvalue weighted by atomic mass is 16.6. The second kappa shape index (κ2) is 9.31. The minimum atomic E-state index is -0.461. The first-order chi connectivity index (χ1) is 15.9. The molecule has 3 aromatic rings. The summed E-state index contributed by atoms with van der Waals surface area (Å²) in [6.45, 7) is 0.514. The summed E-state index contributed by atoms with van der Waals surface area (Å²) in [5.74, 6) is -0.993. The molecule has 0 atom stereocenters. The van der Waals surface area contributed by atoms with Crippen LogP contribution in [-0.4, -0.2) is 29.2 Å². The van der Waals surface area contributed by atoms with Crippen molar-refractivity contribution in [1.29, 1.82) is 0 Å². The number of rotatable bonds is 8. The molecule has 3 amide bonds. The zero-order valence-electron chi connectivity index (χ0n) is 17.5. The van der Waals surface area contributed by atoms with Gasteiger partial charge in [0.1, 0.15) is 0 Å². The van der Waals surface area contributed by atoms with Crippen molar-refractivity contribution in [2.45, 2.75) is 12.8 Å². The first-order valence-electron chi connectivity index (χ1n) is 10.3. The molecule has 1 aliphatic rings. The summed E-state index contributed by atoms with van der Waals surface area (Å²) in [6, 6.07) is 19.3. The molecular formula is C24H20N4O5. The van der Waals surface area contributed by atoms with Crippen LogP contribution in [0, 0.1) is 10.1 Å². The quantitative estimate of drug-likeness (QED) is 0.232. The lowest BCUT2D eigenvalue weighted by molar-refractivity contribution is -0.384. The van der Waals surface area contributed by atoms with Crippen LogP contribution in [0.2, 0.25) is 0 Å². The van der Waals surface area contributed by atoms with Crippen molar-refractivity contribution < 1.29 is 19.3 Å². The van der Waals surface area contributed by atoms with Crippen molar-refractivity contribution in [3.05, 3.63) is 94.0 Å². The van der Waals surface area contributed by atoms with Crippen LogP contribution in [-0.2, 0) is 4.79 Å². The predicted octanol–water partition coefficient (Wildman–Crippen LogP) is 4.23. The fourth-order valence-electron chi connectivity index (χ4n) is 3.55.